The monoisotopic (exact) mass is 288 g/mol. The first-order valence-electron chi connectivity index (χ1n) is 5.22. The lowest BCUT2D eigenvalue weighted by Crippen LogP contribution is -2.13. The normalized spacial score (nSPS) is 10.8. The molecule has 0 fully saturated rings. The van der Waals surface area contributed by atoms with Crippen LogP contribution in [0.2, 0.25) is 0 Å². The summed E-state index contributed by atoms with van der Waals surface area (Å²) < 4.78 is 11.8. The van der Waals surface area contributed by atoms with Crippen molar-refractivity contribution < 1.29 is 9.47 Å². The SMILES string of the molecule is CC(C)OCCOc1ncc(Br)cc1CN. The highest BCUT2D eigenvalue weighted by molar-refractivity contribution is 9.10. The topological polar surface area (TPSA) is 57.4 Å². The molecule has 2 N–H and O–H groups in total. The van der Waals surface area contributed by atoms with E-state index in [1.165, 1.54) is 0 Å². The second-order valence-corrected chi connectivity index (χ2v) is 4.51. The molecule has 0 unspecified atom stereocenters. The Morgan fingerprint density at radius 1 is 1.44 bits per heavy atom. The minimum Gasteiger partial charge on any atom is -0.475 e. The molecule has 0 aliphatic rings. The third kappa shape index (κ3) is 4.47. The summed E-state index contributed by atoms with van der Waals surface area (Å²) in [6, 6.07) is 1.91. The molecule has 5 heteroatoms. The van der Waals surface area contributed by atoms with Crippen molar-refractivity contribution in [2.24, 2.45) is 5.73 Å². The molecular formula is C11H17BrN2O2. The molecule has 0 aliphatic carbocycles. The molecular weight excluding hydrogens is 272 g/mol. The van der Waals surface area contributed by atoms with Crippen molar-refractivity contribution >= 4 is 15.9 Å². The molecule has 1 heterocycles. The summed E-state index contributed by atoms with van der Waals surface area (Å²) in [7, 11) is 0. The van der Waals surface area contributed by atoms with Crippen molar-refractivity contribution in [3.63, 3.8) is 0 Å². The van der Waals surface area contributed by atoms with Gasteiger partial charge in [0.2, 0.25) is 5.88 Å². The minimum absolute atomic E-state index is 0.218. The molecule has 0 aromatic carbocycles. The first kappa shape index (κ1) is 13.4. The fraction of sp³-hybridized carbons (Fsp3) is 0.545. The zero-order valence-corrected chi connectivity index (χ0v) is 11.2. The van der Waals surface area contributed by atoms with Crippen LogP contribution in [-0.4, -0.2) is 24.3 Å². The summed E-state index contributed by atoms with van der Waals surface area (Å²) in [4.78, 5) is 4.16. The van der Waals surface area contributed by atoms with Crippen LogP contribution >= 0.6 is 15.9 Å². The summed E-state index contributed by atoms with van der Waals surface area (Å²) in [6.45, 7) is 5.43. The zero-order chi connectivity index (χ0) is 12.0. The molecule has 0 amide bonds. The molecule has 0 spiro atoms. The van der Waals surface area contributed by atoms with Crippen LogP contribution in [0.4, 0.5) is 0 Å². The molecule has 1 rings (SSSR count). The lowest BCUT2D eigenvalue weighted by Gasteiger charge is -2.11. The molecule has 0 saturated carbocycles. The van der Waals surface area contributed by atoms with Gasteiger partial charge in [-0.05, 0) is 35.8 Å². The smallest absolute Gasteiger partial charge is 0.217 e. The molecule has 0 radical (unpaired) electrons. The van der Waals surface area contributed by atoms with Crippen LogP contribution in [0.5, 0.6) is 5.88 Å². The van der Waals surface area contributed by atoms with Crippen molar-refractivity contribution in [2.75, 3.05) is 13.2 Å². The predicted molar refractivity (Wildman–Crippen MR) is 66.4 cm³/mol. The first-order valence-corrected chi connectivity index (χ1v) is 6.01. The quantitative estimate of drug-likeness (QED) is 0.815. The average molecular weight is 289 g/mol. The Labute approximate surface area is 104 Å². The number of aromatic nitrogens is 1. The number of halogens is 1. The Bertz CT molecular complexity index is 332. The summed E-state index contributed by atoms with van der Waals surface area (Å²) in [5.74, 6) is 0.582. The second-order valence-electron chi connectivity index (χ2n) is 3.59. The molecule has 4 nitrogen and oxygen atoms in total. The number of rotatable bonds is 6. The highest BCUT2D eigenvalue weighted by atomic mass is 79.9. The zero-order valence-electron chi connectivity index (χ0n) is 9.57. The average Bonchev–Trinajstić information content (AvgIpc) is 2.25. The van der Waals surface area contributed by atoms with Gasteiger partial charge in [-0.1, -0.05) is 0 Å². The van der Waals surface area contributed by atoms with Crippen molar-refractivity contribution in [1.29, 1.82) is 0 Å². The summed E-state index contributed by atoms with van der Waals surface area (Å²) >= 11 is 3.34. The largest absolute Gasteiger partial charge is 0.475 e. The van der Waals surface area contributed by atoms with E-state index in [0.29, 0.717) is 25.6 Å². The third-order valence-electron chi connectivity index (χ3n) is 1.89. The molecule has 1 aromatic heterocycles. The Balaban J connectivity index is 2.47. The highest BCUT2D eigenvalue weighted by Crippen LogP contribution is 2.19. The molecule has 90 valence electrons. The number of pyridine rings is 1. The number of hydrogen-bond donors (Lipinski definition) is 1. The van der Waals surface area contributed by atoms with Crippen molar-refractivity contribution in [3.8, 4) is 5.88 Å². The van der Waals surface area contributed by atoms with E-state index < -0.39 is 0 Å². The second kappa shape index (κ2) is 6.83. The van der Waals surface area contributed by atoms with Gasteiger partial charge in [-0.2, -0.15) is 0 Å². The van der Waals surface area contributed by atoms with E-state index in [2.05, 4.69) is 20.9 Å². The van der Waals surface area contributed by atoms with E-state index in [1.54, 1.807) is 6.20 Å². The molecule has 16 heavy (non-hydrogen) atoms. The van der Waals surface area contributed by atoms with Gasteiger partial charge in [-0.3, -0.25) is 0 Å². The van der Waals surface area contributed by atoms with E-state index in [4.69, 9.17) is 15.2 Å². The van der Waals surface area contributed by atoms with Gasteiger partial charge >= 0.3 is 0 Å². The maximum atomic E-state index is 5.60. The Kier molecular flexibility index (Phi) is 5.73. The van der Waals surface area contributed by atoms with Gasteiger partial charge in [-0.25, -0.2) is 4.98 Å². The van der Waals surface area contributed by atoms with Crippen LogP contribution in [-0.2, 0) is 11.3 Å². The van der Waals surface area contributed by atoms with Crippen molar-refractivity contribution in [1.82, 2.24) is 4.98 Å². The maximum absolute atomic E-state index is 5.60. The Morgan fingerprint density at radius 2 is 2.19 bits per heavy atom. The van der Waals surface area contributed by atoms with Gasteiger partial charge in [-0.15, -0.1) is 0 Å². The fourth-order valence-corrected chi connectivity index (χ4v) is 1.55. The molecule has 0 aliphatic heterocycles. The van der Waals surface area contributed by atoms with E-state index in [0.717, 1.165) is 10.0 Å². The summed E-state index contributed by atoms with van der Waals surface area (Å²) in [6.07, 6.45) is 1.91. The van der Waals surface area contributed by atoms with E-state index in [9.17, 15) is 0 Å². The number of nitrogens with zero attached hydrogens (tertiary/aromatic N) is 1. The minimum atomic E-state index is 0.218. The molecule has 0 saturated heterocycles. The maximum Gasteiger partial charge on any atom is 0.217 e. The van der Waals surface area contributed by atoms with Crippen molar-refractivity contribution in [2.45, 2.75) is 26.5 Å². The fourth-order valence-electron chi connectivity index (χ4n) is 1.17. The standard InChI is InChI=1S/C11H17BrN2O2/c1-8(2)15-3-4-16-11-9(6-13)5-10(12)7-14-11/h5,7-8H,3-4,6,13H2,1-2H3. The van der Waals surface area contributed by atoms with E-state index in [1.807, 2.05) is 19.9 Å². The van der Waals surface area contributed by atoms with E-state index >= 15 is 0 Å². The van der Waals surface area contributed by atoms with Gasteiger partial charge in [0.15, 0.2) is 0 Å². The molecule has 1 aromatic rings. The van der Waals surface area contributed by atoms with Crippen LogP contribution in [0.1, 0.15) is 19.4 Å². The Morgan fingerprint density at radius 3 is 2.81 bits per heavy atom. The highest BCUT2D eigenvalue weighted by Gasteiger charge is 2.04. The van der Waals surface area contributed by atoms with Gasteiger partial charge in [0.1, 0.15) is 6.61 Å². The third-order valence-corrected chi connectivity index (χ3v) is 2.32. The predicted octanol–water partition coefficient (Wildman–Crippen LogP) is 2.11. The summed E-state index contributed by atoms with van der Waals surface area (Å²) in [5, 5.41) is 0. The van der Waals surface area contributed by atoms with Gasteiger partial charge in [0.05, 0.1) is 12.7 Å². The lowest BCUT2D eigenvalue weighted by atomic mass is 10.3. The van der Waals surface area contributed by atoms with Crippen LogP contribution in [0, 0.1) is 0 Å². The molecule has 0 bridgehead atoms. The number of nitrogens with two attached hydrogens (primary N) is 1. The van der Waals surface area contributed by atoms with Crippen LogP contribution in [0.3, 0.4) is 0 Å². The summed E-state index contributed by atoms with van der Waals surface area (Å²) in [5.41, 5.74) is 6.49. The van der Waals surface area contributed by atoms with E-state index in [-0.39, 0.29) is 6.10 Å². The van der Waals surface area contributed by atoms with Crippen molar-refractivity contribution in [3.05, 3.63) is 22.3 Å². The van der Waals surface area contributed by atoms with Gasteiger partial charge in [0, 0.05) is 22.8 Å². The van der Waals surface area contributed by atoms with Gasteiger partial charge in [0.25, 0.3) is 0 Å². The van der Waals surface area contributed by atoms with Gasteiger partial charge < -0.3 is 15.2 Å². The molecule has 0 atom stereocenters. The lowest BCUT2D eigenvalue weighted by molar-refractivity contribution is 0.0540. The van der Waals surface area contributed by atoms with Crippen LogP contribution in [0.25, 0.3) is 0 Å². The van der Waals surface area contributed by atoms with Crippen LogP contribution in [0.15, 0.2) is 16.7 Å². The number of ether oxygens (including phenoxy) is 2. The van der Waals surface area contributed by atoms with Crippen LogP contribution < -0.4 is 10.5 Å². The Hall–Kier alpha value is -0.650. The number of hydrogen-bond acceptors (Lipinski definition) is 4. The first-order chi connectivity index (χ1) is 7.63.